The molecule has 192 valence electrons. The zero-order chi connectivity index (χ0) is 24.9. The molecule has 11 heteroatoms. The third-order valence-electron chi connectivity index (χ3n) is 7.23. The summed E-state index contributed by atoms with van der Waals surface area (Å²) >= 11 is 6.56. The first-order chi connectivity index (χ1) is 17.3. The van der Waals surface area contributed by atoms with Crippen LogP contribution in [-0.2, 0) is 9.47 Å². The van der Waals surface area contributed by atoms with Crippen molar-refractivity contribution in [3.63, 3.8) is 0 Å². The molecule has 0 aliphatic carbocycles. The minimum atomic E-state index is -4.15. The summed E-state index contributed by atoms with van der Waals surface area (Å²) in [6.07, 6.45) is -2.09. The number of fused-ring (bicyclic) bond motifs is 2. The van der Waals surface area contributed by atoms with E-state index in [9.17, 15) is 13.2 Å². The Balaban J connectivity index is 1.14. The summed E-state index contributed by atoms with van der Waals surface area (Å²) in [6, 6.07) is 10.1. The van der Waals surface area contributed by atoms with Crippen LogP contribution in [-0.4, -0.2) is 77.2 Å². The third kappa shape index (κ3) is 4.91. The van der Waals surface area contributed by atoms with Crippen molar-refractivity contribution < 1.29 is 27.4 Å². The van der Waals surface area contributed by atoms with Gasteiger partial charge in [0.2, 0.25) is 0 Å². The Morgan fingerprint density at radius 3 is 2.61 bits per heavy atom. The number of imidazole rings is 1. The Hall–Kier alpha value is -2.40. The van der Waals surface area contributed by atoms with E-state index in [1.165, 1.54) is 4.90 Å². The summed E-state index contributed by atoms with van der Waals surface area (Å²) < 4.78 is 55.4. The summed E-state index contributed by atoms with van der Waals surface area (Å²) in [7, 11) is 0. The van der Waals surface area contributed by atoms with Crippen LogP contribution in [0.1, 0.15) is 30.7 Å². The maximum absolute atomic E-state index is 12.7. The lowest BCUT2D eigenvalue weighted by Gasteiger charge is -2.32. The molecule has 0 saturated carbocycles. The number of piperidine rings is 1. The Morgan fingerprint density at radius 1 is 1.08 bits per heavy atom. The van der Waals surface area contributed by atoms with Crippen molar-refractivity contribution >= 4 is 22.8 Å². The van der Waals surface area contributed by atoms with Crippen LogP contribution in [0.15, 0.2) is 30.3 Å². The molecule has 6 rings (SSSR count). The maximum atomic E-state index is 12.7. The SMILES string of the molecule is FC(F)(F)CN1CCC(c2ccc(-c3nc4nc(OC5CO[C@@H]6CCOC56)[nH]c4cc3Cl)cc2)CC1. The van der Waals surface area contributed by atoms with E-state index in [2.05, 4.69) is 15.0 Å². The molecule has 0 spiro atoms. The fourth-order valence-corrected chi connectivity index (χ4v) is 5.68. The van der Waals surface area contributed by atoms with Crippen molar-refractivity contribution in [2.75, 3.05) is 32.8 Å². The van der Waals surface area contributed by atoms with E-state index >= 15 is 0 Å². The van der Waals surface area contributed by atoms with Gasteiger partial charge in [-0.25, -0.2) is 4.98 Å². The molecule has 1 aromatic carbocycles. The highest BCUT2D eigenvalue weighted by atomic mass is 35.5. The number of nitrogens with zero attached hydrogens (tertiary/aromatic N) is 3. The Morgan fingerprint density at radius 2 is 1.86 bits per heavy atom. The van der Waals surface area contributed by atoms with Gasteiger partial charge in [-0.15, -0.1) is 0 Å². The predicted octanol–water partition coefficient (Wildman–Crippen LogP) is 4.96. The van der Waals surface area contributed by atoms with Gasteiger partial charge in [0, 0.05) is 12.2 Å². The van der Waals surface area contributed by atoms with Crippen LogP contribution in [0.25, 0.3) is 22.4 Å². The largest absolute Gasteiger partial charge is 0.456 e. The van der Waals surface area contributed by atoms with E-state index in [1.807, 2.05) is 24.3 Å². The molecule has 2 unspecified atom stereocenters. The highest BCUT2D eigenvalue weighted by molar-refractivity contribution is 6.33. The number of rotatable bonds is 5. The van der Waals surface area contributed by atoms with Crippen molar-refractivity contribution in [1.82, 2.24) is 19.9 Å². The van der Waals surface area contributed by atoms with E-state index in [0.29, 0.717) is 67.0 Å². The van der Waals surface area contributed by atoms with Crippen LogP contribution in [0.5, 0.6) is 6.01 Å². The number of aromatic amines is 1. The molecule has 7 nitrogen and oxygen atoms in total. The molecule has 0 amide bonds. The smallest absolute Gasteiger partial charge is 0.401 e. The van der Waals surface area contributed by atoms with E-state index < -0.39 is 12.7 Å². The number of H-pyrrole nitrogens is 1. The predicted molar refractivity (Wildman–Crippen MR) is 127 cm³/mol. The van der Waals surface area contributed by atoms with Crippen molar-refractivity contribution in [3.8, 4) is 17.3 Å². The van der Waals surface area contributed by atoms with Crippen LogP contribution < -0.4 is 4.74 Å². The number of aromatic nitrogens is 3. The van der Waals surface area contributed by atoms with Crippen molar-refractivity contribution in [2.45, 2.75) is 49.7 Å². The summed E-state index contributed by atoms with van der Waals surface area (Å²) in [5, 5.41) is 0.481. The topological polar surface area (TPSA) is 72.5 Å². The average Bonchev–Trinajstić information content (AvgIpc) is 3.55. The fraction of sp³-hybridized carbons (Fsp3) is 0.520. The summed E-state index contributed by atoms with van der Waals surface area (Å²) in [5.41, 5.74) is 3.73. The molecule has 36 heavy (non-hydrogen) atoms. The lowest BCUT2D eigenvalue weighted by molar-refractivity contribution is -0.147. The first kappa shape index (κ1) is 24.0. The zero-order valence-corrected chi connectivity index (χ0v) is 20.2. The van der Waals surface area contributed by atoms with E-state index in [0.717, 1.165) is 17.5 Å². The van der Waals surface area contributed by atoms with E-state index in [4.69, 9.17) is 25.8 Å². The standard InChI is InChI=1S/C25H26ClF3N4O3/c26-17-11-18-23(32-24(30-18)36-20-12-35-19-7-10-34-22(19)20)31-21(17)16-3-1-14(2-4-16)15-5-8-33(9-6-15)13-25(27,28)29/h1-4,11,15,19-20,22H,5-10,12-13H2,(H,30,31,32)/t19-,20?,22?/m1/s1. The Kier molecular flexibility index (Phi) is 6.31. The molecule has 3 atom stereocenters. The molecule has 5 heterocycles. The number of nitrogens with one attached hydrogen (secondary N) is 1. The van der Waals surface area contributed by atoms with Gasteiger partial charge in [-0.2, -0.15) is 18.2 Å². The molecule has 3 aromatic rings. The highest BCUT2D eigenvalue weighted by Crippen LogP contribution is 2.34. The van der Waals surface area contributed by atoms with Gasteiger partial charge in [-0.1, -0.05) is 35.9 Å². The first-order valence-corrected chi connectivity index (χ1v) is 12.6. The molecule has 3 aliphatic rings. The molecule has 0 bridgehead atoms. The Bertz CT molecular complexity index is 1230. The normalized spacial score (nSPS) is 25.5. The second-order valence-electron chi connectivity index (χ2n) is 9.67. The molecule has 2 aromatic heterocycles. The van der Waals surface area contributed by atoms with E-state index in [1.54, 1.807) is 6.07 Å². The monoisotopic (exact) mass is 522 g/mol. The van der Waals surface area contributed by atoms with Gasteiger partial charge in [0.15, 0.2) is 11.8 Å². The molecular formula is C25H26ClF3N4O3. The van der Waals surface area contributed by atoms with Crippen LogP contribution in [0.2, 0.25) is 5.02 Å². The summed E-state index contributed by atoms with van der Waals surface area (Å²) in [5.74, 6) is 0.239. The lowest BCUT2D eigenvalue weighted by Crippen LogP contribution is -2.39. The summed E-state index contributed by atoms with van der Waals surface area (Å²) in [4.78, 5) is 13.8. The number of pyridine rings is 1. The molecule has 0 radical (unpaired) electrons. The minimum absolute atomic E-state index is 0.0777. The number of hydrogen-bond donors (Lipinski definition) is 1. The number of benzene rings is 1. The third-order valence-corrected chi connectivity index (χ3v) is 7.52. The molecule has 3 aliphatic heterocycles. The highest BCUT2D eigenvalue weighted by Gasteiger charge is 2.43. The van der Waals surface area contributed by atoms with Gasteiger partial charge in [-0.05, 0) is 49.9 Å². The van der Waals surface area contributed by atoms with Crippen LogP contribution in [0.4, 0.5) is 13.2 Å². The minimum Gasteiger partial charge on any atom is -0.456 e. The zero-order valence-electron chi connectivity index (χ0n) is 19.4. The van der Waals surface area contributed by atoms with Crippen LogP contribution in [0, 0.1) is 0 Å². The van der Waals surface area contributed by atoms with Gasteiger partial charge in [0.25, 0.3) is 6.01 Å². The second kappa shape index (κ2) is 9.48. The van der Waals surface area contributed by atoms with E-state index in [-0.39, 0.29) is 24.2 Å². The quantitative estimate of drug-likeness (QED) is 0.511. The number of hydrogen-bond acceptors (Lipinski definition) is 6. The average molecular weight is 523 g/mol. The van der Waals surface area contributed by atoms with Gasteiger partial charge in [-0.3, -0.25) is 4.90 Å². The van der Waals surface area contributed by atoms with Crippen molar-refractivity contribution in [3.05, 3.63) is 40.9 Å². The molecule has 1 N–H and O–H groups in total. The number of halogens is 4. The second-order valence-corrected chi connectivity index (χ2v) is 10.1. The molecular weight excluding hydrogens is 497 g/mol. The molecule has 3 saturated heterocycles. The van der Waals surface area contributed by atoms with Gasteiger partial charge >= 0.3 is 6.18 Å². The van der Waals surface area contributed by atoms with Gasteiger partial charge in [0.1, 0.15) is 6.10 Å². The number of ether oxygens (including phenoxy) is 3. The fourth-order valence-electron chi connectivity index (χ4n) is 5.42. The summed E-state index contributed by atoms with van der Waals surface area (Å²) in [6.45, 7) is 1.18. The molecule has 3 fully saturated rings. The first-order valence-electron chi connectivity index (χ1n) is 12.2. The van der Waals surface area contributed by atoms with Crippen molar-refractivity contribution in [1.29, 1.82) is 0 Å². The Labute approximate surface area is 210 Å². The number of likely N-dealkylation sites (tertiary alicyclic amines) is 1. The van der Waals surface area contributed by atoms with Crippen molar-refractivity contribution in [2.24, 2.45) is 0 Å². The van der Waals surface area contributed by atoms with Gasteiger partial charge in [0.05, 0.1) is 35.5 Å². The van der Waals surface area contributed by atoms with Crippen LogP contribution >= 0.6 is 11.6 Å². The maximum Gasteiger partial charge on any atom is 0.401 e. The number of alkyl halides is 3. The van der Waals surface area contributed by atoms with Crippen LogP contribution in [0.3, 0.4) is 0 Å². The van der Waals surface area contributed by atoms with Gasteiger partial charge < -0.3 is 19.2 Å². The lowest BCUT2D eigenvalue weighted by atomic mass is 9.89.